The van der Waals surface area contributed by atoms with Gasteiger partial charge in [0.25, 0.3) is 0 Å². The molecular weight excluding hydrogens is 963 g/mol. The molecule has 0 aliphatic rings. The van der Waals surface area contributed by atoms with Gasteiger partial charge in [-0.15, -0.1) is 0 Å². The number of phenolic OH excluding ortho intramolecular Hbond substituents is 2. The molecule has 0 amide bonds. The van der Waals surface area contributed by atoms with E-state index in [1.165, 1.54) is 24.3 Å². The van der Waals surface area contributed by atoms with Gasteiger partial charge in [0.2, 0.25) is 0 Å². The third kappa shape index (κ3) is 9.28. The van der Waals surface area contributed by atoms with Crippen LogP contribution in [0.5, 0.6) is 17.2 Å². The van der Waals surface area contributed by atoms with E-state index < -0.39 is 50.2 Å². The number of rotatable bonds is 16. The van der Waals surface area contributed by atoms with E-state index in [2.05, 4.69) is 0 Å². The summed E-state index contributed by atoms with van der Waals surface area (Å²) in [7, 11) is -2.17. The van der Waals surface area contributed by atoms with E-state index in [0.717, 1.165) is 0 Å². The molecule has 0 saturated heterocycles. The predicted octanol–water partition coefficient (Wildman–Crippen LogP) is 12.8. The average molecular weight is 1010 g/mol. The zero-order valence-electron chi connectivity index (χ0n) is 38.4. The second kappa shape index (κ2) is 19.8. The molecule has 5 nitrogen and oxygen atoms in total. The summed E-state index contributed by atoms with van der Waals surface area (Å²) in [6.07, 6.45) is -10.4. The van der Waals surface area contributed by atoms with Gasteiger partial charge < -0.3 is 0 Å². The second-order valence-corrected chi connectivity index (χ2v) is 26.5. The molecule has 0 aliphatic carbocycles. The summed E-state index contributed by atoms with van der Waals surface area (Å²) in [5, 5.41) is 24.9. The summed E-state index contributed by atoms with van der Waals surface area (Å²) < 4.78 is 112. The zero-order valence-corrected chi connectivity index (χ0v) is 40.2. The fourth-order valence-corrected chi connectivity index (χ4v) is 21.2. The van der Waals surface area contributed by atoms with Crippen molar-refractivity contribution in [3.05, 3.63) is 271 Å². The molecule has 0 unspecified atom stereocenters. The molecule has 0 atom stereocenters. The molecule has 0 aliphatic heterocycles. The SMILES string of the molecule is Oc1ccc(CP(OB(Oc2cc(C(F)(F)F)cc(C(F)(F)F)c2)OP(Cc2ccc(O)cc2)(c2ccccc2)(c2ccccc2)c2ccccc2)(c2ccccc2)(c2ccccc2)c2ccccc2)cc1. The van der Waals surface area contributed by atoms with Gasteiger partial charge in [0.1, 0.15) is 0 Å². The van der Waals surface area contributed by atoms with Crippen molar-refractivity contribution < 1.29 is 50.1 Å². The Labute approximate surface area is 414 Å². The number of hydrogen-bond acceptors (Lipinski definition) is 5. The Balaban J connectivity index is 1.47. The van der Waals surface area contributed by atoms with Crippen molar-refractivity contribution in [2.45, 2.75) is 24.7 Å². The van der Waals surface area contributed by atoms with Crippen LogP contribution in [-0.2, 0) is 33.6 Å². The van der Waals surface area contributed by atoms with Gasteiger partial charge in [-0.05, 0) is 0 Å². The van der Waals surface area contributed by atoms with Crippen LogP contribution in [-0.4, -0.2) is 17.5 Å². The summed E-state index contributed by atoms with van der Waals surface area (Å²) in [5.74, 6) is -0.837. The van der Waals surface area contributed by atoms with Gasteiger partial charge in [-0.2, -0.15) is 0 Å². The second-order valence-electron chi connectivity index (χ2n) is 17.4. The van der Waals surface area contributed by atoms with E-state index in [1.807, 2.05) is 182 Å². The molecule has 9 rings (SSSR count). The summed E-state index contributed by atoms with van der Waals surface area (Å²) in [6, 6.07) is 70.0. The molecule has 0 spiro atoms. The molecule has 0 saturated carbocycles. The molecule has 0 heterocycles. The first-order valence-electron chi connectivity index (χ1n) is 22.9. The third-order valence-electron chi connectivity index (χ3n) is 13.1. The summed E-state index contributed by atoms with van der Waals surface area (Å²) in [5.41, 5.74) is -1.87. The molecule has 0 fully saturated rings. The van der Waals surface area contributed by atoms with Crippen LogP contribution in [0.3, 0.4) is 0 Å². The van der Waals surface area contributed by atoms with E-state index in [0.29, 0.717) is 55.1 Å². The van der Waals surface area contributed by atoms with Gasteiger partial charge in [-0.3, -0.25) is 0 Å². The number of hydrogen-bond donors (Lipinski definition) is 2. The van der Waals surface area contributed by atoms with Crippen LogP contribution < -0.4 is 36.5 Å². The number of aromatic hydroxyl groups is 2. The first-order chi connectivity index (χ1) is 34.6. The number of phenols is 2. The first-order valence-corrected chi connectivity index (χ1v) is 27.6. The fourth-order valence-electron chi connectivity index (χ4n) is 9.79. The summed E-state index contributed by atoms with van der Waals surface area (Å²) in [4.78, 5) is 0. The number of halogens is 6. The van der Waals surface area contributed by atoms with Crippen molar-refractivity contribution in [3.63, 3.8) is 0 Å². The van der Waals surface area contributed by atoms with Crippen molar-refractivity contribution >= 4 is 52.8 Å². The van der Waals surface area contributed by atoms with Gasteiger partial charge in [-0.25, -0.2) is 0 Å². The predicted molar refractivity (Wildman–Crippen MR) is 279 cm³/mol. The molecule has 0 aromatic heterocycles. The molecule has 364 valence electrons. The topological polar surface area (TPSA) is 68.2 Å². The van der Waals surface area contributed by atoms with E-state index in [-0.39, 0.29) is 29.9 Å². The van der Waals surface area contributed by atoms with E-state index >= 15 is 0 Å². The zero-order chi connectivity index (χ0) is 50.5. The van der Waals surface area contributed by atoms with Crippen LogP contribution in [0.15, 0.2) is 249 Å². The third-order valence-corrected chi connectivity index (χ3v) is 24.6. The standard InChI is InChI=1S/C58H47BF6O5P2/c60-57(61,62)46-39-47(58(63,64)65)41-50(40-46)68-59(69-71(51-19-7-1-8-20-51,52-21-9-2-10-22-52,53-23-11-3-12-24-53)42-44-31-35-48(66)36-32-44)70-72(54-25-13-4-14-26-54,55-27-15-5-16-28-55,56-29-17-6-18-30-56)43-45-33-37-49(67)38-34-45/h1-41,66-67H,42-43H2. The molecule has 9 aromatic carbocycles. The molecule has 0 radical (unpaired) electrons. The van der Waals surface area contributed by atoms with Crippen molar-refractivity contribution in [2.24, 2.45) is 0 Å². The molecular formula is C58H47BF6O5P2. The quantitative estimate of drug-likeness (QED) is 0.0573. The van der Waals surface area contributed by atoms with Crippen molar-refractivity contribution in [1.82, 2.24) is 0 Å². The van der Waals surface area contributed by atoms with E-state index in [1.54, 1.807) is 24.3 Å². The van der Waals surface area contributed by atoms with Crippen LogP contribution in [0.4, 0.5) is 26.3 Å². The maximum atomic E-state index is 14.9. The van der Waals surface area contributed by atoms with Crippen LogP contribution in [0.1, 0.15) is 22.3 Å². The Morgan fingerprint density at radius 2 is 0.597 bits per heavy atom. The van der Waals surface area contributed by atoms with Crippen molar-refractivity contribution in [1.29, 1.82) is 0 Å². The van der Waals surface area contributed by atoms with Gasteiger partial charge in [0.05, 0.1) is 0 Å². The van der Waals surface area contributed by atoms with Crippen LogP contribution in [0.2, 0.25) is 0 Å². The number of alkyl halides is 6. The Kier molecular flexibility index (Phi) is 13.7. The van der Waals surface area contributed by atoms with Gasteiger partial charge in [0.15, 0.2) is 0 Å². The number of benzene rings is 9. The fraction of sp³-hybridized carbons (Fsp3) is 0.0690. The monoisotopic (exact) mass is 1010 g/mol. The summed E-state index contributed by atoms with van der Waals surface area (Å²) in [6.45, 7) is -9.87. The van der Waals surface area contributed by atoms with E-state index in [4.69, 9.17) is 13.5 Å². The van der Waals surface area contributed by atoms with Gasteiger partial charge in [-0.1, -0.05) is 0 Å². The normalized spacial score (nSPS) is 13.2. The van der Waals surface area contributed by atoms with Crippen molar-refractivity contribution in [2.75, 3.05) is 0 Å². The van der Waals surface area contributed by atoms with Gasteiger partial charge >= 0.3 is 416 Å². The van der Waals surface area contributed by atoms with Crippen LogP contribution >= 0.6 is 13.7 Å². The molecule has 2 N–H and O–H groups in total. The first kappa shape index (κ1) is 49.8. The minimum absolute atomic E-state index is 0.00569. The molecule has 14 heteroatoms. The average Bonchev–Trinajstić information content (AvgIpc) is 3.40. The maximum absolute atomic E-state index is 14.9. The Hall–Kier alpha value is -7.20. The van der Waals surface area contributed by atoms with E-state index in [9.17, 15) is 36.6 Å². The minimum atomic E-state index is -5.23. The summed E-state index contributed by atoms with van der Waals surface area (Å²) >= 11 is 0. The molecule has 0 bridgehead atoms. The Bertz CT molecular complexity index is 2820. The molecule has 72 heavy (non-hydrogen) atoms. The molecule has 9 aromatic rings. The Morgan fingerprint density at radius 3 is 0.833 bits per heavy atom. The Morgan fingerprint density at radius 1 is 0.347 bits per heavy atom. The van der Waals surface area contributed by atoms with Crippen molar-refractivity contribution in [3.8, 4) is 17.2 Å². The van der Waals surface area contributed by atoms with Crippen LogP contribution in [0, 0.1) is 0 Å². The van der Waals surface area contributed by atoms with Crippen LogP contribution in [0.25, 0.3) is 0 Å². The van der Waals surface area contributed by atoms with Gasteiger partial charge in [0, 0.05) is 0 Å².